The number of carbonyl (C=O) groups excluding carboxylic acids is 1. The zero-order chi connectivity index (χ0) is 25.8. The van der Waals surface area contributed by atoms with Crippen LogP contribution in [0.15, 0.2) is 97.2 Å². The number of aromatic nitrogens is 1. The van der Waals surface area contributed by atoms with Crippen molar-refractivity contribution < 1.29 is 24.2 Å². The van der Waals surface area contributed by atoms with Crippen molar-refractivity contribution in [2.45, 2.75) is 32.0 Å². The molecule has 0 radical (unpaired) electrons. The number of aliphatic carboxylic acids is 1. The predicted molar refractivity (Wildman–Crippen MR) is 138 cm³/mol. The Morgan fingerprint density at radius 3 is 2.57 bits per heavy atom. The van der Waals surface area contributed by atoms with Crippen LogP contribution in [0.1, 0.15) is 29.7 Å². The Hall–Kier alpha value is -4.65. The van der Waals surface area contributed by atoms with E-state index in [2.05, 4.69) is 4.98 Å². The molecule has 1 aliphatic heterocycles. The summed E-state index contributed by atoms with van der Waals surface area (Å²) in [5, 5.41) is 9.15. The molecule has 4 aromatic rings. The van der Waals surface area contributed by atoms with Crippen LogP contribution >= 0.6 is 0 Å². The van der Waals surface area contributed by atoms with Gasteiger partial charge in [0.2, 0.25) is 0 Å². The van der Waals surface area contributed by atoms with E-state index in [-0.39, 0.29) is 31.2 Å². The van der Waals surface area contributed by atoms with Crippen LogP contribution in [0.25, 0.3) is 11.3 Å². The number of rotatable bonds is 8. The third kappa shape index (κ3) is 5.46. The normalized spacial score (nSPS) is 16.9. The van der Waals surface area contributed by atoms with Gasteiger partial charge in [-0.3, -0.25) is 14.7 Å². The van der Waals surface area contributed by atoms with Crippen LogP contribution in [0, 0.1) is 0 Å². The smallest absolute Gasteiger partial charge is 0.411 e. The fourth-order valence-corrected chi connectivity index (χ4v) is 4.50. The lowest BCUT2D eigenvalue weighted by molar-refractivity contribution is -0.136. The van der Waals surface area contributed by atoms with Crippen LogP contribution in [0.4, 0.5) is 4.79 Å². The highest BCUT2D eigenvalue weighted by Gasteiger charge is 2.39. The SMILES string of the molecule is CC1C(c2ccccc2)OC(=O)N1Cc1cc(-c2ccccn2)ccc1Oc1cccc(CC(=O)O)c1. The molecule has 1 aromatic heterocycles. The van der Waals surface area contributed by atoms with Crippen molar-refractivity contribution in [1.29, 1.82) is 0 Å². The van der Waals surface area contributed by atoms with Gasteiger partial charge in [0.15, 0.2) is 0 Å². The molecule has 1 N–H and O–H groups in total. The molecule has 3 aromatic carbocycles. The maximum Gasteiger partial charge on any atom is 0.411 e. The number of carboxylic acid groups (broad SMARTS) is 1. The monoisotopic (exact) mass is 494 g/mol. The first-order chi connectivity index (χ1) is 18.0. The number of benzene rings is 3. The summed E-state index contributed by atoms with van der Waals surface area (Å²) < 4.78 is 12.0. The number of carboxylic acids is 1. The minimum atomic E-state index is -0.910. The minimum Gasteiger partial charge on any atom is -0.481 e. The van der Waals surface area contributed by atoms with Crippen molar-refractivity contribution >= 4 is 12.1 Å². The maximum absolute atomic E-state index is 12.9. The quantitative estimate of drug-likeness (QED) is 0.311. The van der Waals surface area contributed by atoms with Gasteiger partial charge in [0.05, 0.1) is 24.7 Å². The van der Waals surface area contributed by atoms with E-state index in [1.54, 1.807) is 35.4 Å². The topological polar surface area (TPSA) is 89.0 Å². The molecule has 186 valence electrons. The van der Waals surface area contributed by atoms with E-state index < -0.39 is 5.97 Å². The summed E-state index contributed by atoms with van der Waals surface area (Å²) in [7, 11) is 0. The van der Waals surface area contributed by atoms with Gasteiger partial charge in [-0.2, -0.15) is 0 Å². The molecule has 0 aliphatic carbocycles. The van der Waals surface area contributed by atoms with Crippen LogP contribution < -0.4 is 4.74 Å². The Bertz CT molecular complexity index is 1410. The van der Waals surface area contributed by atoms with Crippen molar-refractivity contribution in [3.8, 4) is 22.8 Å². The molecular formula is C30H26N2O5. The summed E-state index contributed by atoms with van der Waals surface area (Å²) in [5.41, 5.74) is 4.06. The predicted octanol–water partition coefficient (Wildman–Crippen LogP) is 6.25. The molecule has 0 saturated carbocycles. The standard InChI is InChI=1S/C30H26N2O5/c1-20-29(22-9-3-2-4-10-22)37-30(35)32(20)19-24-18-23(26-12-5-6-15-31-26)13-14-27(24)36-25-11-7-8-21(16-25)17-28(33)34/h2-16,18,20,29H,17,19H2,1H3,(H,33,34). The Morgan fingerprint density at radius 1 is 1.00 bits per heavy atom. The van der Waals surface area contributed by atoms with Gasteiger partial charge >= 0.3 is 12.1 Å². The average Bonchev–Trinajstić information content (AvgIpc) is 3.19. The Morgan fingerprint density at radius 2 is 1.81 bits per heavy atom. The van der Waals surface area contributed by atoms with Crippen LogP contribution in [-0.4, -0.2) is 33.1 Å². The van der Waals surface area contributed by atoms with Crippen LogP contribution in [0.5, 0.6) is 11.5 Å². The third-order valence-corrected chi connectivity index (χ3v) is 6.36. The highest BCUT2D eigenvalue weighted by atomic mass is 16.6. The molecule has 37 heavy (non-hydrogen) atoms. The summed E-state index contributed by atoms with van der Waals surface area (Å²) in [6.45, 7) is 2.25. The molecule has 7 nitrogen and oxygen atoms in total. The van der Waals surface area contributed by atoms with Crippen LogP contribution in [0.3, 0.4) is 0 Å². The number of carbonyl (C=O) groups is 2. The number of pyridine rings is 1. The van der Waals surface area contributed by atoms with Crippen LogP contribution in [-0.2, 0) is 22.5 Å². The van der Waals surface area contributed by atoms with E-state index in [0.29, 0.717) is 17.1 Å². The Kier molecular flexibility index (Phi) is 6.85. The summed E-state index contributed by atoms with van der Waals surface area (Å²) in [6.07, 6.45) is 0.877. The van der Waals surface area contributed by atoms with Crippen molar-refractivity contribution in [2.24, 2.45) is 0 Å². The lowest BCUT2D eigenvalue weighted by Gasteiger charge is -2.23. The number of hydrogen-bond donors (Lipinski definition) is 1. The average molecular weight is 495 g/mol. The highest BCUT2D eigenvalue weighted by molar-refractivity contribution is 5.72. The summed E-state index contributed by atoms with van der Waals surface area (Å²) in [4.78, 5) is 30.2. The molecule has 7 heteroatoms. The Labute approximate surface area is 214 Å². The zero-order valence-corrected chi connectivity index (χ0v) is 20.3. The van der Waals surface area contributed by atoms with Crippen molar-refractivity contribution in [1.82, 2.24) is 9.88 Å². The first kappa shape index (κ1) is 24.1. The van der Waals surface area contributed by atoms with Crippen molar-refractivity contribution in [3.05, 3.63) is 114 Å². The van der Waals surface area contributed by atoms with Gasteiger partial charge in [-0.15, -0.1) is 0 Å². The van der Waals surface area contributed by atoms with Crippen molar-refractivity contribution in [3.63, 3.8) is 0 Å². The molecule has 1 fully saturated rings. The van der Waals surface area contributed by atoms with E-state index in [4.69, 9.17) is 14.6 Å². The van der Waals surface area contributed by atoms with Gasteiger partial charge in [0, 0.05) is 17.3 Å². The number of amides is 1. The summed E-state index contributed by atoms with van der Waals surface area (Å²) in [5.74, 6) is 0.173. The first-order valence-corrected chi connectivity index (χ1v) is 12.0. The maximum atomic E-state index is 12.9. The largest absolute Gasteiger partial charge is 0.481 e. The fraction of sp³-hybridized carbons (Fsp3) is 0.167. The molecule has 5 rings (SSSR count). The lowest BCUT2D eigenvalue weighted by atomic mass is 10.0. The van der Waals surface area contributed by atoms with Gasteiger partial charge in [0.1, 0.15) is 17.6 Å². The van der Waals surface area contributed by atoms with Crippen LogP contribution in [0.2, 0.25) is 0 Å². The zero-order valence-electron chi connectivity index (χ0n) is 20.3. The second-order valence-corrected chi connectivity index (χ2v) is 8.94. The van der Waals surface area contributed by atoms with Gasteiger partial charge in [-0.1, -0.05) is 48.5 Å². The van der Waals surface area contributed by atoms with E-state index in [9.17, 15) is 9.59 Å². The lowest BCUT2D eigenvalue weighted by Crippen LogP contribution is -2.31. The van der Waals surface area contributed by atoms with E-state index in [0.717, 1.165) is 22.4 Å². The molecule has 1 saturated heterocycles. The molecule has 1 aliphatic rings. The molecule has 0 bridgehead atoms. The number of hydrogen-bond acceptors (Lipinski definition) is 5. The molecule has 2 atom stereocenters. The van der Waals surface area contributed by atoms with Gasteiger partial charge in [-0.25, -0.2) is 4.79 Å². The van der Waals surface area contributed by atoms with Crippen molar-refractivity contribution in [2.75, 3.05) is 0 Å². The number of cyclic esters (lactones) is 1. The fourth-order valence-electron chi connectivity index (χ4n) is 4.50. The van der Waals surface area contributed by atoms with E-state index in [1.165, 1.54) is 0 Å². The third-order valence-electron chi connectivity index (χ3n) is 6.36. The minimum absolute atomic E-state index is 0.0965. The first-order valence-electron chi connectivity index (χ1n) is 12.0. The van der Waals surface area contributed by atoms with E-state index in [1.807, 2.05) is 73.7 Å². The van der Waals surface area contributed by atoms with E-state index >= 15 is 0 Å². The summed E-state index contributed by atoms with van der Waals surface area (Å²) in [6, 6.07) is 27.9. The van der Waals surface area contributed by atoms with Gasteiger partial charge in [0.25, 0.3) is 0 Å². The molecule has 0 spiro atoms. The number of nitrogens with zero attached hydrogens (tertiary/aromatic N) is 2. The summed E-state index contributed by atoms with van der Waals surface area (Å²) >= 11 is 0. The molecular weight excluding hydrogens is 468 g/mol. The van der Waals surface area contributed by atoms with Gasteiger partial charge < -0.3 is 14.6 Å². The second kappa shape index (κ2) is 10.5. The second-order valence-electron chi connectivity index (χ2n) is 8.94. The number of ether oxygens (including phenoxy) is 2. The Balaban J connectivity index is 1.47. The van der Waals surface area contributed by atoms with Gasteiger partial charge in [-0.05, 0) is 60.5 Å². The highest BCUT2D eigenvalue weighted by Crippen LogP contribution is 2.36. The molecule has 2 unspecified atom stereocenters. The molecule has 1 amide bonds. The molecule has 2 heterocycles.